The van der Waals surface area contributed by atoms with Crippen LogP contribution in [0.25, 0.3) is 11.3 Å². The molecule has 0 fully saturated rings. The van der Waals surface area contributed by atoms with Crippen molar-refractivity contribution in [1.29, 1.82) is 0 Å². The summed E-state index contributed by atoms with van der Waals surface area (Å²) < 4.78 is 47.5. The Morgan fingerprint density at radius 3 is 2.43 bits per heavy atom. The van der Waals surface area contributed by atoms with Crippen LogP contribution in [0.15, 0.2) is 60.1 Å². The van der Waals surface area contributed by atoms with Crippen LogP contribution in [-0.4, -0.2) is 25.9 Å². The fourth-order valence-electron chi connectivity index (χ4n) is 3.81. The molecule has 0 saturated carbocycles. The topological polar surface area (TPSA) is 69.0 Å². The molecule has 3 aromatic rings. The van der Waals surface area contributed by atoms with Gasteiger partial charge in [-0.2, -0.15) is 13.2 Å². The highest BCUT2D eigenvalue weighted by molar-refractivity contribution is 9.18. The lowest BCUT2D eigenvalue weighted by Crippen LogP contribution is -2.37. The van der Waals surface area contributed by atoms with Crippen LogP contribution in [0.4, 0.5) is 23.7 Å². The fourth-order valence-corrected chi connectivity index (χ4v) is 4.19. The number of anilines is 1. The maximum absolute atomic E-state index is 13.5. The Morgan fingerprint density at radius 2 is 1.89 bits per heavy atom. The van der Waals surface area contributed by atoms with E-state index in [-0.39, 0.29) is 12.6 Å². The summed E-state index contributed by atoms with van der Waals surface area (Å²) >= 11 is 3.35. The smallest absolute Gasteiger partial charge is 0.416 e. The second kappa shape index (κ2) is 10.2. The van der Waals surface area contributed by atoms with Crippen LogP contribution in [0.1, 0.15) is 50.0 Å². The van der Waals surface area contributed by atoms with E-state index in [1.54, 1.807) is 31.7 Å². The summed E-state index contributed by atoms with van der Waals surface area (Å²) in [5, 5.41) is 3.95. The number of hydrogen-bond acceptors (Lipinski definition) is 5. The van der Waals surface area contributed by atoms with Gasteiger partial charge in [0, 0.05) is 25.2 Å². The Balaban J connectivity index is 1.80. The number of nitrogens with zero attached hydrogens (tertiary/aromatic N) is 4. The molecule has 0 saturated heterocycles. The number of aryl methyl sites for hydroxylation is 1. The van der Waals surface area contributed by atoms with Gasteiger partial charge in [0.25, 0.3) is 0 Å². The van der Waals surface area contributed by atoms with Crippen molar-refractivity contribution in [3.8, 4) is 11.3 Å². The molecule has 2 heterocycles. The lowest BCUT2D eigenvalue weighted by molar-refractivity contribution is -0.137. The maximum atomic E-state index is 13.5. The van der Waals surface area contributed by atoms with Gasteiger partial charge in [0.15, 0.2) is 6.10 Å². The number of rotatable bonds is 5. The van der Waals surface area contributed by atoms with Crippen LogP contribution in [0.3, 0.4) is 0 Å². The van der Waals surface area contributed by atoms with Gasteiger partial charge in [0.1, 0.15) is 10.2 Å². The largest absolute Gasteiger partial charge is 0.443 e. The van der Waals surface area contributed by atoms with Crippen molar-refractivity contribution in [1.82, 2.24) is 9.55 Å². The van der Waals surface area contributed by atoms with E-state index in [4.69, 9.17) is 9.57 Å². The van der Waals surface area contributed by atoms with E-state index in [0.29, 0.717) is 33.5 Å². The van der Waals surface area contributed by atoms with Crippen LogP contribution in [-0.2, 0) is 29.3 Å². The molecule has 7 nitrogen and oxygen atoms in total. The Hall–Kier alpha value is -3.34. The third-order valence-electron chi connectivity index (χ3n) is 5.53. The molecule has 0 N–H and O–H groups in total. The average molecular weight is 579 g/mol. The van der Waals surface area contributed by atoms with E-state index < -0.39 is 23.4 Å². The predicted molar refractivity (Wildman–Crippen MR) is 137 cm³/mol. The molecule has 0 aliphatic carbocycles. The number of hydrogen-bond donors (Lipinski definition) is 0. The molecule has 1 aliphatic rings. The average Bonchev–Trinajstić information content (AvgIpc) is 3.44. The maximum Gasteiger partial charge on any atom is 0.416 e. The van der Waals surface area contributed by atoms with Crippen LogP contribution in [0.2, 0.25) is 0 Å². The van der Waals surface area contributed by atoms with Crippen LogP contribution < -0.4 is 4.90 Å². The van der Waals surface area contributed by atoms with Gasteiger partial charge in [-0.15, -0.1) is 0 Å². The first kappa shape index (κ1) is 26.7. The summed E-state index contributed by atoms with van der Waals surface area (Å²) in [6.45, 7) is 5.22. The molecular formula is C26H26BrF3N4O3. The molecule has 1 aromatic heterocycles. The summed E-state index contributed by atoms with van der Waals surface area (Å²) in [7, 11) is 1.83. The Morgan fingerprint density at radius 1 is 1.19 bits per heavy atom. The van der Waals surface area contributed by atoms with Crippen molar-refractivity contribution in [2.24, 2.45) is 12.2 Å². The molecule has 1 aliphatic heterocycles. The van der Waals surface area contributed by atoms with Crippen molar-refractivity contribution in [2.45, 2.75) is 51.6 Å². The molecule has 0 bridgehead atoms. The molecular weight excluding hydrogens is 553 g/mol. The zero-order chi connectivity index (χ0) is 27.0. The first-order valence-electron chi connectivity index (χ1n) is 11.5. The number of halogens is 4. The highest BCUT2D eigenvalue weighted by atomic mass is 79.9. The number of carbonyl (C=O) groups is 1. The Bertz CT molecular complexity index is 1310. The van der Waals surface area contributed by atoms with E-state index >= 15 is 0 Å². The first-order chi connectivity index (χ1) is 17.3. The molecule has 37 heavy (non-hydrogen) atoms. The van der Waals surface area contributed by atoms with Crippen molar-refractivity contribution < 1.29 is 27.5 Å². The van der Waals surface area contributed by atoms with Crippen molar-refractivity contribution in [2.75, 3.05) is 4.90 Å². The van der Waals surface area contributed by atoms with Gasteiger partial charge in [-0.1, -0.05) is 29.4 Å². The molecule has 1 unspecified atom stereocenters. The molecule has 2 aromatic carbocycles. The number of ether oxygens (including phenoxy) is 1. The number of amides is 1. The van der Waals surface area contributed by atoms with Gasteiger partial charge in [0.05, 0.1) is 29.8 Å². The van der Waals surface area contributed by atoms with Gasteiger partial charge in [-0.25, -0.2) is 9.78 Å². The van der Waals surface area contributed by atoms with Crippen molar-refractivity contribution >= 4 is 32.3 Å². The number of benzene rings is 2. The minimum atomic E-state index is -4.46. The summed E-state index contributed by atoms with van der Waals surface area (Å²) in [5.41, 5.74) is 1.46. The van der Waals surface area contributed by atoms with Crippen LogP contribution >= 0.6 is 15.9 Å². The van der Waals surface area contributed by atoms with E-state index in [0.717, 1.165) is 17.7 Å². The third-order valence-corrected chi connectivity index (χ3v) is 6.00. The standard InChI is InChI=1S/C26H26BrF3N4O3/c1-25(2,3)36-24(35)34(13-16-5-8-18(9-6-16)26(28,29)30)21-11-17(22-12-23(27)32-37-22)7-10-19(21)20-14-33(4)15-31-20/h5-11,14-15,22H,12-13H2,1-4H3. The summed E-state index contributed by atoms with van der Waals surface area (Å²) in [4.78, 5) is 24.9. The predicted octanol–water partition coefficient (Wildman–Crippen LogP) is 7.22. The monoisotopic (exact) mass is 578 g/mol. The Labute approximate surface area is 221 Å². The molecule has 1 atom stereocenters. The summed E-state index contributed by atoms with van der Waals surface area (Å²) in [6.07, 6.45) is -1.49. The zero-order valence-corrected chi connectivity index (χ0v) is 22.3. The third kappa shape index (κ3) is 6.51. The van der Waals surface area contributed by atoms with Gasteiger partial charge >= 0.3 is 12.3 Å². The number of alkyl halides is 3. The van der Waals surface area contributed by atoms with E-state index in [2.05, 4.69) is 26.1 Å². The zero-order valence-electron chi connectivity index (χ0n) is 20.7. The van der Waals surface area contributed by atoms with Crippen LogP contribution in [0, 0.1) is 0 Å². The lowest BCUT2D eigenvalue weighted by atomic mass is 10.0. The summed E-state index contributed by atoms with van der Waals surface area (Å²) in [6, 6.07) is 10.2. The van der Waals surface area contributed by atoms with Gasteiger partial charge in [0.2, 0.25) is 0 Å². The fraction of sp³-hybridized carbons (Fsp3) is 0.346. The SMILES string of the molecule is Cn1cnc(-c2ccc(C3CC(Br)=NO3)cc2N(Cc2ccc(C(F)(F)F)cc2)C(=O)OC(C)(C)C)c1. The first-order valence-corrected chi connectivity index (χ1v) is 12.3. The van der Waals surface area contributed by atoms with Gasteiger partial charge < -0.3 is 14.1 Å². The second-order valence-electron chi connectivity index (χ2n) is 9.73. The molecule has 11 heteroatoms. The van der Waals surface area contributed by atoms with E-state index in [1.807, 2.05) is 31.4 Å². The second-order valence-corrected chi connectivity index (χ2v) is 10.6. The highest BCUT2D eigenvalue weighted by Crippen LogP contribution is 2.38. The number of imidazole rings is 1. The van der Waals surface area contributed by atoms with Crippen molar-refractivity contribution in [3.63, 3.8) is 0 Å². The normalized spacial score (nSPS) is 15.8. The van der Waals surface area contributed by atoms with Gasteiger partial charge in [-0.05, 0) is 66.0 Å². The van der Waals surface area contributed by atoms with E-state index in [1.165, 1.54) is 17.0 Å². The number of oxime groups is 1. The van der Waals surface area contributed by atoms with E-state index in [9.17, 15) is 18.0 Å². The molecule has 4 rings (SSSR count). The molecule has 1 amide bonds. The van der Waals surface area contributed by atoms with Crippen molar-refractivity contribution in [3.05, 3.63) is 71.7 Å². The van der Waals surface area contributed by atoms with Crippen LogP contribution in [0.5, 0.6) is 0 Å². The molecule has 0 radical (unpaired) electrons. The Kier molecular flexibility index (Phi) is 7.36. The summed E-state index contributed by atoms with van der Waals surface area (Å²) in [5.74, 6) is 0. The van der Waals surface area contributed by atoms with Gasteiger partial charge in [-0.3, -0.25) is 4.90 Å². The minimum Gasteiger partial charge on any atom is -0.443 e. The molecule has 196 valence electrons. The molecule has 0 spiro atoms. The number of carbonyl (C=O) groups excluding carboxylic acids is 1. The number of aromatic nitrogens is 2. The lowest BCUT2D eigenvalue weighted by Gasteiger charge is -2.29. The quantitative estimate of drug-likeness (QED) is 0.320. The minimum absolute atomic E-state index is 0.0257. The highest BCUT2D eigenvalue weighted by Gasteiger charge is 2.31.